The van der Waals surface area contributed by atoms with Gasteiger partial charge in [-0.25, -0.2) is 0 Å². The van der Waals surface area contributed by atoms with Crippen LogP contribution in [0.3, 0.4) is 0 Å². The SMILES string of the molecule is Cc1cc(N)c(OC(C)C)cc1C1=CCNC(Cc2ccccc2)C1.Cl.Cl. The van der Waals surface area contributed by atoms with E-state index in [1.54, 1.807) is 0 Å². The summed E-state index contributed by atoms with van der Waals surface area (Å²) in [6, 6.07) is 15.3. The quantitative estimate of drug-likeness (QED) is 0.668. The average molecular weight is 409 g/mol. The van der Waals surface area contributed by atoms with Gasteiger partial charge in [0.1, 0.15) is 5.75 Å². The molecule has 27 heavy (non-hydrogen) atoms. The molecular formula is C22H30Cl2N2O. The van der Waals surface area contributed by atoms with Crippen molar-refractivity contribution in [2.45, 2.75) is 45.8 Å². The second-order valence-corrected chi connectivity index (χ2v) is 7.10. The second kappa shape index (κ2) is 10.6. The van der Waals surface area contributed by atoms with Gasteiger partial charge in [-0.3, -0.25) is 0 Å². The van der Waals surface area contributed by atoms with Crippen LogP contribution in [0.1, 0.15) is 37.0 Å². The highest BCUT2D eigenvalue weighted by molar-refractivity contribution is 5.85. The van der Waals surface area contributed by atoms with Gasteiger partial charge in [0.05, 0.1) is 11.8 Å². The van der Waals surface area contributed by atoms with Gasteiger partial charge in [-0.1, -0.05) is 36.4 Å². The fourth-order valence-corrected chi connectivity index (χ4v) is 3.44. The number of aryl methyl sites for hydroxylation is 1. The predicted molar refractivity (Wildman–Crippen MR) is 120 cm³/mol. The van der Waals surface area contributed by atoms with Crippen molar-refractivity contribution in [2.24, 2.45) is 0 Å². The fraction of sp³-hybridized carbons (Fsp3) is 0.364. The largest absolute Gasteiger partial charge is 0.489 e. The van der Waals surface area contributed by atoms with Crippen LogP contribution in [0, 0.1) is 6.92 Å². The van der Waals surface area contributed by atoms with Crippen LogP contribution in [-0.2, 0) is 6.42 Å². The summed E-state index contributed by atoms with van der Waals surface area (Å²) in [7, 11) is 0. The van der Waals surface area contributed by atoms with Crippen molar-refractivity contribution < 1.29 is 4.74 Å². The smallest absolute Gasteiger partial charge is 0.143 e. The van der Waals surface area contributed by atoms with Crippen molar-refractivity contribution >= 4 is 36.1 Å². The zero-order chi connectivity index (χ0) is 17.8. The number of benzene rings is 2. The Morgan fingerprint density at radius 1 is 1.15 bits per heavy atom. The Morgan fingerprint density at radius 3 is 2.52 bits per heavy atom. The van der Waals surface area contributed by atoms with Crippen molar-refractivity contribution in [1.82, 2.24) is 5.32 Å². The maximum absolute atomic E-state index is 6.14. The highest BCUT2D eigenvalue weighted by atomic mass is 35.5. The van der Waals surface area contributed by atoms with Gasteiger partial charge in [-0.05, 0) is 68.0 Å². The number of rotatable bonds is 5. The number of nitrogens with two attached hydrogens (primary N) is 1. The molecule has 1 aliphatic heterocycles. The van der Waals surface area contributed by atoms with E-state index in [1.807, 2.05) is 19.9 Å². The van der Waals surface area contributed by atoms with Gasteiger partial charge in [-0.2, -0.15) is 0 Å². The normalized spacial score (nSPS) is 16.1. The van der Waals surface area contributed by atoms with E-state index in [4.69, 9.17) is 10.5 Å². The third kappa shape index (κ3) is 6.17. The zero-order valence-electron chi connectivity index (χ0n) is 16.2. The van der Waals surface area contributed by atoms with Crippen molar-refractivity contribution in [2.75, 3.05) is 12.3 Å². The van der Waals surface area contributed by atoms with Gasteiger partial charge in [0.2, 0.25) is 0 Å². The molecule has 1 unspecified atom stereocenters. The minimum absolute atomic E-state index is 0. The standard InChI is InChI=1S/C22H28N2O.2ClH/c1-15(2)25-22-14-20(16(3)11-21(22)23)18-9-10-24-19(13-18)12-17-7-5-4-6-8-17;;/h4-9,11,14-15,19,24H,10,12-13,23H2,1-3H3;2*1H. The van der Waals surface area contributed by atoms with Crippen LogP contribution in [0.25, 0.3) is 5.57 Å². The molecule has 2 aromatic carbocycles. The lowest BCUT2D eigenvalue weighted by molar-refractivity contribution is 0.244. The van der Waals surface area contributed by atoms with Crippen LogP contribution in [0.4, 0.5) is 5.69 Å². The summed E-state index contributed by atoms with van der Waals surface area (Å²) in [6.07, 6.45) is 4.47. The summed E-state index contributed by atoms with van der Waals surface area (Å²) in [5.74, 6) is 0.787. The molecule has 0 aromatic heterocycles. The van der Waals surface area contributed by atoms with Gasteiger partial charge in [0.25, 0.3) is 0 Å². The molecule has 1 heterocycles. The third-order valence-corrected chi connectivity index (χ3v) is 4.61. The van der Waals surface area contributed by atoms with Gasteiger partial charge in [0, 0.05) is 12.6 Å². The Kier molecular flexibility index (Phi) is 9.17. The van der Waals surface area contributed by atoms with E-state index in [2.05, 4.69) is 54.7 Å². The predicted octanol–water partition coefficient (Wildman–Crippen LogP) is 5.20. The van der Waals surface area contributed by atoms with Crippen molar-refractivity contribution in [3.05, 3.63) is 65.2 Å². The van der Waals surface area contributed by atoms with Gasteiger partial charge < -0.3 is 15.8 Å². The number of nitrogens with one attached hydrogen (secondary N) is 1. The van der Waals surface area contributed by atoms with Crippen LogP contribution in [0.15, 0.2) is 48.5 Å². The van der Waals surface area contributed by atoms with Crippen LogP contribution >= 0.6 is 24.8 Å². The fourth-order valence-electron chi connectivity index (χ4n) is 3.44. The Labute approximate surface area is 175 Å². The topological polar surface area (TPSA) is 47.3 Å². The van der Waals surface area contributed by atoms with Crippen LogP contribution in [0.2, 0.25) is 0 Å². The van der Waals surface area contributed by atoms with Gasteiger partial charge in [0.15, 0.2) is 0 Å². The first-order valence-corrected chi connectivity index (χ1v) is 9.06. The van der Waals surface area contributed by atoms with Crippen molar-refractivity contribution in [3.63, 3.8) is 0 Å². The van der Waals surface area contributed by atoms with Crippen LogP contribution < -0.4 is 15.8 Å². The molecule has 2 aromatic rings. The number of hydrogen-bond acceptors (Lipinski definition) is 3. The van der Waals surface area contributed by atoms with E-state index in [1.165, 1.54) is 22.3 Å². The van der Waals surface area contributed by atoms with Crippen molar-refractivity contribution in [3.8, 4) is 5.75 Å². The first-order valence-electron chi connectivity index (χ1n) is 9.06. The first-order chi connectivity index (χ1) is 12.0. The second-order valence-electron chi connectivity index (χ2n) is 7.10. The number of anilines is 1. The summed E-state index contributed by atoms with van der Waals surface area (Å²) < 4.78 is 5.89. The zero-order valence-corrected chi connectivity index (χ0v) is 17.8. The highest BCUT2D eigenvalue weighted by Gasteiger charge is 2.19. The minimum Gasteiger partial charge on any atom is -0.489 e. The summed E-state index contributed by atoms with van der Waals surface area (Å²) >= 11 is 0. The molecule has 3 N–H and O–H groups in total. The number of nitrogen functional groups attached to an aromatic ring is 1. The van der Waals surface area contributed by atoms with E-state index in [-0.39, 0.29) is 30.9 Å². The molecule has 0 aliphatic carbocycles. The number of halogens is 2. The summed E-state index contributed by atoms with van der Waals surface area (Å²) in [5, 5.41) is 3.61. The molecule has 0 spiro atoms. The number of ether oxygens (including phenoxy) is 1. The summed E-state index contributed by atoms with van der Waals surface area (Å²) in [4.78, 5) is 0. The van der Waals surface area contributed by atoms with Crippen LogP contribution in [-0.4, -0.2) is 18.7 Å². The minimum atomic E-state index is 0. The van der Waals surface area contributed by atoms with E-state index in [9.17, 15) is 0 Å². The van der Waals surface area contributed by atoms with Gasteiger partial charge in [-0.15, -0.1) is 24.8 Å². The van der Waals surface area contributed by atoms with Gasteiger partial charge >= 0.3 is 0 Å². The molecule has 5 heteroatoms. The van der Waals surface area contributed by atoms with E-state index < -0.39 is 0 Å². The molecule has 0 fully saturated rings. The summed E-state index contributed by atoms with van der Waals surface area (Å²) in [6.45, 7) is 7.08. The molecule has 1 atom stereocenters. The summed E-state index contributed by atoms with van der Waals surface area (Å²) in [5.41, 5.74) is 12.1. The number of hydrogen-bond donors (Lipinski definition) is 2. The van der Waals surface area contributed by atoms with E-state index in [0.29, 0.717) is 11.7 Å². The molecular weight excluding hydrogens is 379 g/mol. The lowest BCUT2D eigenvalue weighted by Crippen LogP contribution is -2.34. The van der Waals surface area contributed by atoms with E-state index >= 15 is 0 Å². The molecule has 1 aliphatic rings. The molecule has 0 saturated carbocycles. The molecule has 3 nitrogen and oxygen atoms in total. The maximum atomic E-state index is 6.14. The Bertz CT molecular complexity index is 760. The Balaban J connectivity index is 0.00000182. The monoisotopic (exact) mass is 408 g/mol. The molecule has 0 saturated heterocycles. The Morgan fingerprint density at radius 2 is 1.85 bits per heavy atom. The lowest BCUT2D eigenvalue weighted by atomic mass is 9.89. The lowest BCUT2D eigenvalue weighted by Gasteiger charge is -2.26. The van der Waals surface area contributed by atoms with Crippen molar-refractivity contribution in [1.29, 1.82) is 0 Å². The van der Waals surface area contributed by atoms with E-state index in [0.717, 1.165) is 25.1 Å². The first kappa shape index (κ1) is 23.4. The highest BCUT2D eigenvalue weighted by Crippen LogP contribution is 2.33. The molecule has 0 bridgehead atoms. The average Bonchev–Trinajstić information content (AvgIpc) is 2.58. The molecule has 0 amide bonds. The molecule has 3 rings (SSSR count). The Hall–Kier alpha value is -1.68. The molecule has 148 valence electrons. The maximum Gasteiger partial charge on any atom is 0.143 e. The van der Waals surface area contributed by atoms with Crippen LogP contribution in [0.5, 0.6) is 5.75 Å². The third-order valence-electron chi connectivity index (χ3n) is 4.61. The molecule has 0 radical (unpaired) electrons.